The van der Waals surface area contributed by atoms with Crippen molar-refractivity contribution in [2.75, 3.05) is 11.5 Å². The number of aromatic nitrogens is 2. The predicted molar refractivity (Wildman–Crippen MR) is 72.8 cm³/mol. The van der Waals surface area contributed by atoms with Crippen molar-refractivity contribution in [2.45, 2.75) is 6.54 Å². The van der Waals surface area contributed by atoms with E-state index < -0.39 is 0 Å². The SMILES string of the molecule is Cl.Cl.Nc1ccc(O)c(Cn2ccnc2N)c1. The Hall–Kier alpha value is -1.59. The Labute approximate surface area is 111 Å². The lowest BCUT2D eigenvalue weighted by Crippen LogP contribution is -2.04. The number of halogens is 2. The van der Waals surface area contributed by atoms with E-state index in [-0.39, 0.29) is 30.6 Å². The van der Waals surface area contributed by atoms with E-state index in [4.69, 9.17) is 11.5 Å². The van der Waals surface area contributed by atoms with Crippen molar-refractivity contribution in [2.24, 2.45) is 0 Å². The van der Waals surface area contributed by atoms with Gasteiger partial charge in [0.25, 0.3) is 0 Å². The lowest BCUT2D eigenvalue weighted by atomic mass is 10.2. The number of nitrogens with two attached hydrogens (primary N) is 2. The zero-order chi connectivity index (χ0) is 10.8. The highest BCUT2D eigenvalue weighted by Crippen LogP contribution is 2.21. The van der Waals surface area contributed by atoms with E-state index in [1.54, 1.807) is 35.2 Å². The van der Waals surface area contributed by atoms with Gasteiger partial charge in [0.1, 0.15) is 5.75 Å². The lowest BCUT2D eigenvalue weighted by Gasteiger charge is -2.07. The molecule has 0 amide bonds. The molecule has 5 nitrogen and oxygen atoms in total. The van der Waals surface area contributed by atoms with Crippen LogP contribution < -0.4 is 11.5 Å². The minimum absolute atomic E-state index is 0. The molecular weight excluding hydrogens is 263 g/mol. The molecule has 17 heavy (non-hydrogen) atoms. The van der Waals surface area contributed by atoms with Crippen LogP contribution in [-0.4, -0.2) is 14.7 Å². The van der Waals surface area contributed by atoms with Gasteiger partial charge < -0.3 is 21.1 Å². The Kier molecular flexibility index (Phi) is 5.64. The average molecular weight is 277 g/mol. The van der Waals surface area contributed by atoms with Crippen molar-refractivity contribution in [1.29, 1.82) is 0 Å². The molecule has 0 saturated carbocycles. The Morgan fingerprint density at radius 2 is 1.94 bits per heavy atom. The summed E-state index contributed by atoms with van der Waals surface area (Å²) in [6, 6.07) is 4.93. The van der Waals surface area contributed by atoms with E-state index in [1.165, 1.54) is 0 Å². The lowest BCUT2D eigenvalue weighted by molar-refractivity contribution is 0.466. The fraction of sp³-hybridized carbons (Fsp3) is 0.100. The molecule has 0 aliphatic carbocycles. The smallest absolute Gasteiger partial charge is 0.200 e. The van der Waals surface area contributed by atoms with Crippen LogP contribution in [0.3, 0.4) is 0 Å². The Morgan fingerprint density at radius 1 is 1.24 bits per heavy atom. The van der Waals surface area contributed by atoms with Gasteiger partial charge in [-0.2, -0.15) is 0 Å². The summed E-state index contributed by atoms with van der Waals surface area (Å²) in [7, 11) is 0. The highest BCUT2D eigenvalue weighted by molar-refractivity contribution is 5.85. The maximum atomic E-state index is 9.59. The highest BCUT2D eigenvalue weighted by atomic mass is 35.5. The van der Waals surface area contributed by atoms with Crippen LogP contribution in [0, 0.1) is 0 Å². The number of nitrogens with zero attached hydrogens (tertiary/aromatic N) is 2. The van der Waals surface area contributed by atoms with E-state index in [9.17, 15) is 5.11 Å². The normalized spacial score (nSPS) is 9.18. The van der Waals surface area contributed by atoms with Crippen molar-refractivity contribution in [3.63, 3.8) is 0 Å². The molecule has 1 aromatic heterocycles. The molecule has 0 saturated heterocycles. The minimum atomic E-state index is 0. The third kappa shape index (κ3) is 3.44. The zero-order valence-corrected chi connectivity index (χ0v) is 10.5. The van der Waals surface area contributed by atoms with Crippen molar-refractivity contribution in [3.8, 4) is 5.75 Å². The molecular formula is C10H14Cl2N4O. The zero-order valence-electron chi connectivity index (χ0n) is 8.91. The second-order valence-electron chi connectivity index (χ2n) is 3.30. The molecule has 0 aliphatic heterocycles. The first-order valence-corrected chi connectivity index (χ1v) is 4.51. The molecule has 5 N–H and O–H groups in total. The minimum Gasteiger partial charge on any atom is -0.508 e. The predicted octanol–water partition coefficient (Wildman–Crippen LogP) is 1.64. The van der Waals surface area contributed by atoms with Gasteiger partial charge >= 0.3 is 0 Å². The van der Waals surface area contributed by atoms with Crippen molar-refractivity contribution < 1.29 is 5.11 Å². The number of hydrogen-bond donors (Lipinski definition) is 3. The van der Waals surface area contributed by atoms with Gasteiger partial charge in [0.05, 0.1) is 6.54 Å². The number of rotatable bonds is 2. The van der Waals surface area contributed by atoms with Crippen LogP contribution in [0.25, 0.3) is 0 Å². The number of imidazole rings is 1. The Morgan fingerprint density at radius 3 is 2.53 bits per heavy atom. The number of aromatic hydroxyl groups is 1. The van der Waals surface area contributed by atoms with Gasteiger partial charge in [-0.05, 0) is 18.2 Å². The maximum absolute atomic E-state index is 9.59. The molecule has 7 heteroatoms. The summed E-state index contributed by atoms with van der Waals surface area (Å²) in [5, 5.41) is 9.59. The second-order valence-corrected chi connectivity index (χ2v) is 3.30. The largest absolute Gasteiger partial charge is 0.508 e. The van der Waals surface area contributed by atoms with Gasteiger partial charge in [0.15, 0.2) is 5.95 Å². The first-order valence-electron chi connectivity index (χ1n) is 4.51. The Bertz CT molecular complexity index is 487. The van der Waals surface area contributed by atoms with E-state index >= 15 is 0 Å². The summed E-state index contributed by atoms with van der Waals surface area (Å²) >= 11 is 0. The van der Waals surface area contributed by atoms with Crippen LogP contribution in [-0.2, 0) is 6.54 Å². The first-order chi connectivity index (χ1) is 7.16. The summed E-state index contributed by atoms with van der Waals surface area (Å²) in [5.41, 5.74) is 12.6. The highest BCUT2D eigenvalue weighted by Gasteiger charge is 2.04. The fourth-order valence-electron chi connectivity index (χ4n) is 1.39. The van der Waals surface area contributed by atoms with Gasteiger partial charge in [-0.25, -0.2) is 4.98 Å². The van der Waals surface area contributed by atoms with Crippen molar-refractivity contribution in [3.05, 3.63) is 36.2 Å². The molecule has 0 fully saturated rings. The third-order valence-electron chi connectivity index (χ3n) is 2.19. The van der Waals surface area contributed by atoms with Crippen LogP contribution in [0.4, 0.5) is 11.6 Å². The number of phenols is 1. The van der Waals surface area contributed by atoms with Crippen LogP contribution in [0.2, 0.25) is 0 Å². The molecule has 1 aromatic carbocycles. The van der Waals surface area contributed by atoms with E-state index in [0.29, 0.717) is 18.2 Å². The van der Waals surface area contributed by atoms with Crippen molar-refractivity contribution >= 4 is 36.4 Å². The number of phenolic OH excluding ortho intramolecular Hbond substituents is 1. The van der Waals surface area contributed by atoms with Crippen LogP contribution in [0.5, 0.6) is 5.75 Å². The third-order valence-corrected chi connectivity index (χ3v) is 2.19. The molecule has 0 bridgehead atoms. The van der Waals surface area contributed by atoms with Gasteiger partial charge in [-0.3, -0.25) is 0 Å². The van der Waals surface area contributed by atoms with E-state index in [0.717, 1.165) is 5.56 Å². The molecule has 2 aromatic rings. The summed E-state index contributed by atoms with van der Waals surface area (Å²) in [5.74, 6) is 0.620. The summed E-state index contributed by atoms with van der Waals surface area (Å²) in [6.45, 7) is 0.461. The van der Waals surface area contributed by atoms with Crippen molar-refractivity contribution in [1.82, 2.24) is 9.55 Å². The number of anilines is 2. The molecule has 0 spiro atoms. The molecule has 0 aliphatic rings. The van der Waals surface area contributed by atoms with Gasteiger partial charge in [0, 0.05) is 23.6 Å². The maximum Gasteiger partial charge on any atom is 0.200 e. The molecule has 2 rings (SSSR count). The number of benzene rings is 1. The van der Waals surface area contributed by atoms with Crippen LogP contribution >= 0.6 is 24.8 Å². The molecule has 1 heterocycles. The van der Waals surface area contributed by atoms with Crippen LogP contribution in [0.1, 0.15) is 5.56 Å². The molecule has 0 unspecified atom stereocenters. The molecule has 0 radical (unpaired) electrons. The standard InChI is InChI=1S/C10H12N4O.2ClH/c11-8-1-2-9(15)7(5-8)6-14-4-3-13-10(14)12;;/h1-5,15H,6,11H2,(H2,12,13);2*1H. The number of hydrogen-bond acceptors (Lipinski definition) is 4. The van der Waals surface area contributed by atoms with Gasteiger partial charge in [-0.15, -0.1) is 24.8 Å². The van der Waals surface area contributed by atoms with Crippen LogP contribution in [0.15, 0.2) is 30.6 Å². The Balaban J connectivity index is 0.00000128. The summed E-state index contributed by atoms with van der Waals surface area (Å²) < 4.78 is 1.73. The monoisotopic (exact) mass is 276 g/mol. The number of nitrogen functional groups attached to an aromatic ring is 2. The topological polar surface area (TPSA) is 90.1 Å². The average Bonchev–Trinajstić information content (AvgIpc) is 2.58. The van der Waals surface area contributed by atoms with E-state index in [2.05, 4.69) is 4.98 Å². The first kappa shape index (κ1) is 15.4. The molecule has 0 atom stereocenters. The van der Waals surface area contributed by atoms with Gasteiger partial charge in [-0.1, -0.05) is 0 Å². The summed E-state index contributed by atoms with van der Waals surface area (Å²) in [6.07, 6.45) is 3.36. The summed E-state index contributed by atoms with van der Waals surface area (Å²) in [4.78, 5) is 3.89. The van der Waals surface area contributed by atoms with Gasteiger partial charge in [0.2, 0.25) is 0 Å². The quantitative estimate of drug-likeness (QED) is 0.575. The molecule has 94 valence electrons. The fourth-order valence-corrected chi connectivity index (χ4v) is 1.39. The van der Waals surface area contributed by atoms with E-state index in [1.807, 2.05) is 0 Å². The second kappa shape index (κ2) is 6.22.